The van der Waals surface area contributed by atoms with E-state index < -0.39 is 0 Å². The van der Waals surface area contributed by atoms with Crippen LogP contribution in [0.2, 0.25) is 0 Å². The lowest BCUT2D eigenvalue weighted by molar-refractivity contribution is 0.444. The van der Waals surface area contributed by atoms with Crippen LogP contribution in [0.25, 0.3) is 0 Å². The van der Waals surface area contributed by atoms with E-state index in [1.54, 1.807) is 11.8 Å². The fraction of sp³-hybridized carbons (Fsp3) is 0.526. The molecule has 0 radical (unpaired) electrons. The topological polar surface area (TPSA) is 12.4 Å². The lowest BCUT2D eigenvalue weighted by Gasteiger charge is -2.18. The number of rotatable bonds is 7. The number of benzene rings is 1. The Balaban J connectivity index is 1.92. The Labute approximate surface area is 144 Å². The molecular weight excluding hydrogens is 306 g/mol. The van der Waals surface area contributed by atoms with E-state index in [0.717, 1.165) is 0 Å². The Morgan fingerprint density at radius 2 is 1.95 bits per heavy atom. The summed E-state index contributed by atoms with van der Waals surface area (Å²) in [5.74, 6) is 1.18. The molecule has 1 aliphatic rings. The largest absolute Gasteiger partial charge is 0.275 e. The van der Waals surface area contributed by atoms with Gasteiger partial charge in [-0.2, -0.15) is 0 Å². The summed E-state index contributed by atoms with van der Waals surface area (Å²) in [5.41, 5.74) is 0. The second kappa shape index (κ2) is 11.0. The molecule has 0 unspecified atom stereocenters. The summed E-state index contributed by atoms with van der Waals surface area (Å²) >= 11 is 3.70. The summed E-state index contributed by atoms with van der Waals surface area (Å²) < 4.78 is 0. The first-order valence-electron chi connectivity index (χ1n) is 8.47. The van der Waals surface area contributed by atoms with E-state index in [-0.39, 0.29) is 0 Å². The fourth-order valence-corrected chi connectivity index (χ4v) is 4.29. The van der Waals surface area contributed by atoms with Gasteiger partial charge in [0.05, 0.1) is 11.1 Å². The SMILES string of the molecule is CCCCSC(C=CSc1ccccc1)=NC1CCCCC1. The Kier molecular flexibility index (Phi) is 8.81. The molecule has 1 aliphatic carbocycles. The van der Waals surface area contributed by atoms with Crippen LogP contribution in [0.5, 0.6) is 0 Å². The average Bonchev–Trinajstić information content (AvgIpc) is 2.57. The van der Waals surface area contributed by atoms with Gasteiger partial charge in [0.2, 0.25) is 0 Å². The minimum atomic E-state index is 0.559. The lowest BCUT2D eigenvalue weighted by atomic mass is 9.96. The van der Waals surface area contributed by atoms with Gasteiger partial charge in [-0.05, 0) is 48.6 Å². The second-order valence-corrected chi connectivity index (χ2v) is 7.79. The van der Waals surface area contributed by atoms with E-state index in [1.165, 1.54) is 60.6 Å². The van der Waals surface area contributed by atoms with Crippen LogP contribution in [0.4, 0.5) is 0 Å². The number of unbranched alkanes of at least 4 members (excludes halogenated alkanes) is 1. The first-order valence-corrected chi connectivity index (χ1v) is 10.3. The van der Waals surface area contributed by atoms with Crippen molar-refractivity contribution in [1.29, 1.82) is 0 Å². The second-order valence-electron chi connectivity index (χ2n) is 5.69. The number of thioether (sulfide) groups is 2. The maximum absolute atomic E-state index is 5.02. The van der Waals surface area contributed by atoms with E-state index in [4.69, 9.17) is 4.99 Å². The van der Waals surface area contributed by atoms with Crippen LogP contribution < -0.4 is 0 Å². The van der Waals surface area contributed by atoms with Crippen molar-refractivity contribution in [3.63, 3.8) is 0 Å². The van der Waals surface area contributed by atoms with Crippen molar-refractivity contribution < 1.29 is 0 Å². The number of aliphatic imine (C=N–C) groups is 1. The van der Waals surface area contributed by atoms with Gasteiger partial charge in [0, 0.05) is 4.90 Å². The van der Waals surface area contributed by atoms with Crippen LogP contribution in [0.1, 0.15) is 51.9 Å². The van der Waals surface area contributed by atoms with Crippen LogP contribution in [0, 0.1) is 0 Å². The molecule has 0 N–H and O–H groups in total. The molecule has 0 spiro atoms. The smallest absolute Gasteiger partial charge is 0.0912 e. The summed E-state index contributed by atoms with van der Waals surface area (Å²) in [5, 5.41) is 3.42. The van der Waals surface area contributed by atoms with Crippen LogP contribution in [0.15, 0.2) is 51.7 Å². The van der Waals surface area contributed by atoms with Gasteiger partial charge in [0.25, 0.3) is 0 Å². The van der Waals surface area contributed by atoms with Crippen molar-refractivity contribution >= 4 is 28.6 Å². The van der Waals surface area contributed by atoms with Gasteiger partial charge in [-0.25, -0.2) is 0 Å². The molecule has 0 aromatic heterocycles. The molecule has 3 heteroatoms. The van der Waals surface area contributed by atoms with Crippen molar-refractivity contribution in [3.8, 4) is 0 Å². The Morgan fingerprint density at radius 1 is 1.18 bits per heavy atom. The lowest BCUT2D eigenvalue weighted by Crippen LogP contribution is -2.11. The van der Waals surface area contributed by atoms with Crippen LogP contribution >= 0.6 is 23.5 Å². The molecule has 22 heavy (non-hydrogen) atoms. The van der Waals surface area contributed by atoms with E-state index in [1.807, 2.05) is 11.8 Å². The molecule has 0 bridgehead atoms. The quantitative estimate of drug-likeness (QED) is 0.242. The van der Waals surface area contributed by atoms with Crippen molar-refractivity contribution in [2.45, 2.75) is 62.8 Å². The predicted octanol–water partition coefficient (Wildman–Crippen LogP) is 6.56. The maximum atomic E-state index is 5.02. The van der Waals surface area contributed by atoms with E-state index in [9.17, 15) is 0 Å². The zero-order valence-electron chi connectivity index (χ0n) is 13.5. The van der Waals surface area contributed by atoms with Crippen LogP contribution in [0.3, 0.4) is 0 Å². The molecule has 1 aromatic rings. The molecule has 0 aliphatic heterocycles. The van der Waals surface area contributed by atoms with E-state index in [0.29, 0.717) is 6.04 Å². The van der Waals surface area contributed by atoms with Crippen LogP contribution in [-0.2, 0) is 0 Å². The first-order chi connectivity index (χ1) is 10.9. The third kappa shape index (κ3) is 7.06. The van der Waals surface area contributed by atoms with Gasteiger partial charge >= 0.3 is 0 Å². The molecule has 120 valence electrons. The minimum absolute atomic E-state index is 0.559. The molecular formula is C19H27NS2. The Morgan fingerprint density at radius 3 is 2.68 bits per heavy atom. The normalized spacial score (nSPS) is 17.2. The maximum Gasteiger partial charge on any atom is 0.0912 e. The van der Waals surface area contributed by atoms with Gasteiger partial charge in [-0.15, -0.1) is 11.8 Å². The standard InChI is InChI=1S/C19H27NS2/c1-2-3-15-22-19(20-17-10-6-4-7-11-17)14-16-21-18-12-8-5-9-13-18/h5,8-9,12-14,16-17H,2-4,6-7,10-11,15H2,1H3. The first kappa shape index (κ1) is 17.7. The minimum Gasteiger partial charge on any atom is -0.275 e. The Bertz CT molecular complexity index is 462. The molecule has 1 nitrogen and oxygen atoms in total. The highest BCUT2D eigenvalue weighted by Crippen LogP contribution is 2.23. The highest BCUT2D eigenvalue weighted by atomic mass is 32.2. The zero-order valence-corrected chi connectivity index (χ0v) is 15.2. The fourth-order valence-electron chi connectivity index (χ4n) is 2.51. The van der Waals surface area contributed by atoms with Crippen molar-refractivity contribution in [1.82, 2.24) is 0 Å². The Hall–Kier alpha value is -0.670. The molecule has 0 amide bonds. The predicted molar refractivity (Wildman–Crippen MR) is 103 cm³/mol. The van der Waals surface area contributed by atoms with E-state index in [2.05, 4.69) is 48.7 Å². The van der Waals surface area contributed by atoms with Gasteiger partial charge < -0.3 is 0 Å². The average molecular weight is 334 g/mol. The van der Waals surface area contributed by atoms with Crippen molar-refractivity contribution in [2.75, 3.05) is 5.75 Å². The van der Waals surface area contributed by atoms with Crippen molar-refractivity contribution in [2.24, 2.45) is 4.99 Å². The molecule has 0 heterocycles. The summed E-state index contributed by atoms with van der Waals surface area (Å²) in [6.07, 6.45) is 11.4. The third-order valence-corrected chi connectivity index (χ3v) is 5.64. The van der Waals surface area contributed by atoms with Gasteiger partial charge in [0.1, 0.15) is 0 Å². The van der Waals surface area contributed by atoms with Gasteiger partial charge in [0.15, 0.2) is 0 Å². The summed E-state index contributed by atoms with van der Waals surface area (Å²) in [6.45, 7) is 2.25. The molecule has 0 atom stereocenters. The third-order valence-electron chi connectivity index (χ3n) is 3.79. The van der Waals surface area contributed by atoms with E-state index >= 15 is 0 Å². The number of hydrogen-bond donors (Lipinski definition) is 0. The number of nitrogens with zero attached hydrogens (tertiary/aromatic N) is 1. The highest BCUT2D eigenvalue weighted by Gasteiger charge is 2.12. The summed E-state index contributed by atoms with van der Waals surface area (Å²) in [6, 6.07) is 11.1. The summed E-state index contributed by atoms with van der Waals surface area (Å²) in [7, 11) is 0. The molecule has 0 saturated heterocycles. The highest BCUT2D eigenvalue weighted by molar-refractivity contribution is 8.14. The molecule has 2 rings (SSSR count). The van der Waals surface area contributed by atoms with Gasteiger partial charge in [-0.3, -0.25) is 4.99 Å². The molecule has 1 fully saturated rings. The monoisotopic (exact) mass is 333 g/mol. The van der Waals surface area contributed by atoms with Gasteiger partial charge in [-0.1, -0.05) is 62.6 Å². The molecule has 1 saturated carbocycles. The summed E-state index contributed by atoms with van der Waals surface area (Å²) in [4.78, 5) is 6.30. The van der Waals surface area contributed by atoms with Crippen LogP contribution in [-0.4, -0.2) is 16.8 Å². The number of hydrogen-bond acceptors (Lipinski definition) is 3. The molecule has 1 aromatic carbocycles. The zero-order chi connectivity index (χ0) is 15.5. The van der Waals surface area contributed by atoms with Crippen molar-refractivity contribution in [3.05, 3.63) is 41.8 Å².